The van der Waals surface area contributed by atoms with Crippen molar-refractivity contribution in [2.75, 3.05) is 12.4 Å². The average molecular weight is 296 g/mol. The van der Waals surface area contributed by atoms with Gasteiger partial charge in [0.1, 0.15) is 5.75 Å². The smallest absolute Gasteiger partial charge is 0.118 e. The summed E-state index contributed by atoms with van der Waals surface area (Å²) in [5.41, 5.74) is 1.98. The Morgan fingerprint density at radius 1 is 1.05 bits per heavy atom. The maximum Gasteiger partial charge on any atom is 0.118 e. The molecule has 1 atom stereocenters. The summed E-state index contributed by atoms with van der Waals surface area (Å²) in [6.45, 7) is 2.07. The second-order valence-electron chi connectivity index (χ2n) is 4.26. The molecule has 0 saturated heterocycles. The number of benzene rings is 2. The van der Waals surface area contributed by atoms with Crippen LogP contribution >= 0.6 is 23.2 Å². The number of methoxy groups -OCH3 is 1. The largest absolute Gasteiger partial charge is 0.497 e. The van der Waals surface area contributed by atoms with E-state index in [0.717, 1.165) is 17.0 Å². The quantitative estimate of drug-likeness (QED) is 0.839. The zero-order valence-electron chi connectivity index (χ0n) is 10.8. The maximum absolute atomic E-state index is 6.13. The van der Waals surface area contributed by atoms with Gasteiger partial charge < -0.3 is 10.1 Å². The van der Waals surface area contributed by atoms with Crippen LogP contribution in [0.15, 0.2) is 42.5 Å². The highest BCUT2D eigenvalue weighted by molar-refractivity contribution is 6.35. The summed E-state index contributed by atoms with van der Waals surface area (Å²) in [7, 11) is 1.66. The van der Waals surface area contributed by atoms with Gasteiger partial charge in [0.2, 0.25) is 0 Å². The third-order valence-corrected chi connectivity index (χ3v) is 3.48. The monoisotopic (exact) mass is 295 g/mol. The molecule has 2 rings (SSSR count). The van der Waals surface area contributed by atoms with Crippen molar-refractivity contribution < 1.29 is 4.74 Å². The molecule has 0 radical (unpaired) electrons. The predicted octanol–water partition coefficient (Wildman–Crippen LogP) is 5.18. The minimum atomic E-state index is 0.127. The molecule has 0 saturated carbocycles. The van der Waals surface area contributed by atoms with Gasteiger partial charge in [0.25, 0.3) is 0 Å². The average Bonchev–Trinajstić information content (AvgIpc) is 2.43. The second kappa shape index (κ2) is 6.18. The zero-order chi connectivity index (χ0) is 13.8. The van der Waals surface area contributed by atoms with E-state index in [1.165, 1.54) is 0 Å². The maximum atomic E-state index is 6.13. The van der Waals surface area contributed by atoms with E-state index in [2.05, 4.69) is 12.2 Å². The van der Waals surface area contributed by atoms with Crippen LogP contribution in [0, 0.1) is 0 Å². The molecular weight excluding hydrogens is 281 g/mol. The topological polar surface area (TPSA) is 21.3 Å². The zero-order valence-corrected chi connectivity index (χ0v) is 12.3. The lowest BCUT2D eigenvalue weighted by Crippen LogP contribution is -2.06. The summed E-state index contributed by atoms with van der Waals surface area (Å²) in [4.78, 5) is 0. The van der Waals surface area contributed by atoms with Crippen LogP contribution in [0.3, 0.4) is 0 Å². The lowest BCUT2D eigenvalue weighted by Gasteiger charge is -2.17. The van der Waals surface area contributed by atoms with Crippen LogP contribution < -0.4 is 10.1 Å². The molecule has 1 unspecified atom stereocenters. The van der Waals surface area contributed by atoms with Crippen molar-refractivity contribution in [2.45, 2.75) is 13.0 Å². The highest BCUT2D eigenvalue weighted by atomic mass is 35.5. The fraction of sp³-hybridized carbons (Fsp3) is 0.200. The molecule has 2 nitrogen and oxygen atoms in total. The van der Waals surface area contributed by atoms with Gasteiger partial charge in [-0.05, 0) is 42.8 Å². The fourth-order valence-electron chi connectivity index (χ4n) is 1.82. The van der Waals surface area contributed by atoms with Crippen molar-refractivity contribution in [3.63, 3.8) is 0 Å². The first-order valence-corrected chi connectivity index (χ1v) is 6.71. The van der Waals surface area contributed by atoms with Crippen molar-refractivity contribution in [1.29, 1.82) is 0 Å². The molecule has 2 aromatic carbocycles. The van der Waals surface area contributed by atoms with Crippen molar-refractivity contribution in [2.24, 2.45) is 0 Å². The summed E-state index contributed by atoms with van der Waals surface area (Å²) in [5.74, 6) is 0.844. The minimum absolute atomic E-state index is 0.127. The van der Waals surface area contributed by atoms with E-state index in [1.807, 2.05) is 30.3 Å². The highest BCUT2D eigenvalue weighted by Crippen LogP contribution is 2.29. The van der Waals surface area contributed by atoms with E-state index in [4.69, 9.17) is 27.9 Å². The predicted molar refractivity (Wildman–Crippen MR) is 81.5 cm³/mol. The van der Waals surface area contributed by atoms with Gasteiger partial charge in [0.05, 0.1) is 17.8 Å². The van der Waals surface area contributed by atoms with Gasteiger partial charge in [-0.15, -0.1) is 0 Å². The second-order valence-corrected chi connectivity index (χ2v) is 5.11. The molecule has 0 spiro atoms. The molecule has 4 heteroatoms. The molecular formula is C15H15Cl2NO. The number of halogens is 2. The van der Waals surface area contributed by atoms with Crippen LogP contribution in [0.4, 0.5) is 5.69 Å². The van der Waals surface area contributed by atoms with Gasteiger partial charge in [-0.3, -0.25) is 0 Å². The molecule has 0 aliphatic carbocycles. The third-order valence-electron chi connectivity index (χ3n) is 2.92. The highest BCUT2D eigenvalue weighted by Gasteiger charge is 2.08. The van der Waals surface area contributed by atoms with E-state index in [-0.39, 0.29) is 6.04 Å². The van der Waals surface area contributed by atoms with Gasteiger partial charge in [-0.1, -0.05) is 35.3 Å². The van der Waals surface area contributed by atoms with Crippen LogP contribution in [0.25, 0.3) is 0 Å². The lowest BCUT2D eigenvalue weighted by molar-refractivity contribution is 0.414. The van der Waals surface area contributed by atoms with Gasteiger partial charge in [-0.2, -0.15) is 0 Å². The number of ether oxygens (including phenoxy) is 1. The molecule has 0 bridgehead atoms. The molecule has 19 heavy (non-hydrogen) atoms. The molecule has 2 aromatic rings. The van der Waals surface area contributed by atoms with E-state index in [9.17, 15) is 0 Å². The molecule has 0 aromatic heterocycles. The summed E-state index contributed by atoms with van der Waals surface area (Å²) >= 11 is 12.1. The van der Waals surface area contributed by atoms with E-state index in [0.29, 0.717) is 10.0 Å². The SMILES string of the molecule is COc1ccc(C(C)Nc2cc(Cl)ccc2Cl)cc1. The Hall–Kier alpha value is -1.38. The normalized spacial score (nSPS) is 12.0. The van der Waals surface area contributed by atoms with E-state index in [1.54, 1.807) is 19.2 Å². The van der Waals surface area contributed by atoms with Crippen molar-refractivity contribution in [3.05, 3.63) is 58.1 Å². The number of anilines is 1. The first kappa shape index (κ1) is 14.0. The van der Waals surface area contributed by atoms with Crippen LogP contribution in [0.1, 0.15) is 18.5 Å². The van der Waals surface area contributed by atoms with Gasteiger partial charge >= 0.3 is 0 Å². The number of hydrogen-bond donors (Lipinski definition) is 1. The number of hydrogen-bond acceptors (Lipinski definition) is 2. The van der Waals surface area contributed by atoms with Crippen LogP contribution in [0.2, 0.25) is 10.0 Å². The first-order chi connectivity index (χ1) is 9.10. The first-order valence-electron chi connectivity index (χ1n) is 5.95. The Kier molecular flexibility index (Phi) is 4.56. The van der Waals surface area contributed by atoms with Crippen molar-refractivity contribution >= 4 is 28.9 Å². The van der Waals surface area contributed by atoms with Gasteiger partial charge in [0, 0.05) is 11.1 Å². The molecule has 0 aliphatic rings. The summed E-state index contributed by atoms with van der Waals surface area (Å²) in [5, 5.41) is 4.67. The summed E-state index contributed by atoms with van der Waals surface area (Å²) < 4.78 is 5.14. The molecule has 1 N–H and O–H groups in total. The fourth-order valence-corrected chi connectivity index (χ4v) is 2.16. The van der Waals surface area contributed by atoms with Gasteiger partial charge in [0.15, 0.2) is 0 Å². The van der Waals surface area contributed by atoms with Crippen molar-refractivity contribution in [1.82, 2.24) is 0 Å². The summed E-state index contributed by atoms with van der Waals surface area (Å²) in [6.07, 6.45) is 0. The Morgan fingerprint density at radius 2 is 1.74 bits per heavy atom. The molecule has 0 amide bonds. The molecule has 100 valence electrons. The van der Waals surface area contributed by atoms with Crippen LogP contribution in [0.5, 0.6) is 5.75 Å². The molecule has 0 heterocycles. The molecule has 0 fully saturated rings. The van der Waals surface area contributed by atoms with Crippen molar-refractivity contribution in [3.8, 4) is 5.75 Å². The minimum Gasteiger partial charge on any atom is -0.497 e. The number of nitrogens with one attached hydrogen (secondary N) is 1. The number of rotatable bonds is 4. The Labute approximate surface area is 123 Å². The van der Waals surface area contributed by atoms with E-state index >= 15 is 0 Å². The Morgan fingerprint density at radius 3 is 2.37 bits per heavy atom. The van der Waals surface area contributed by atoms with E-state index < -0.39 is 0 Å². The Bertz CT molecular complexity index is 555. The Balaban J connectivity index is 2.15. The molecule has 0 aliphatic heterocycles. The lowest BCUT2D eigenvalue weighted by atomic mass is 10.1. The third kappa shape index (κ3) is 3.55. The van der Waals surface area contributed by atoms with Crippen LogP contribution in [-0.2, 0) is 0 Å². The van der Waals surface area contributed by atoms with Crippen LogP contribution in [-0.4, -0.2) is 7.11 Å². The summed E-state index contributed by atoms with van der Waals surface area (Å²) in [6, 6.07) is 13.4. The van der Waals surface area contributed by atoms with Gasteiger partial charge in [-0.25, -0.2) is 0 Å². The standard InChI is InChI=1S/C15H15Cl2NO/c1-10(11-3-6-13(19-2)7-4-11)18-15-9-12(16)5-8-14(15)17/h3-10,18H,1-2H3.